The summed E-state index contributed by atoms with van der Waals surface area (Å²) in [5.41, 5.74) is 0.200. The molecular weight excluding hydrogens is 483 g/mol. The van der Waals surface area contributed by atoms with Crippen molar-refractivity contribution in [1.82, 2.24) is 9.80 Å². The number of carbonyl (C=O) groups is 2. The Morgan fingerprint density at radius 1 is 1.22 bits per heavy atom. The highest BCUT2D eigenvalue weighted by atomic mass is 19.4. The van der Waals surface area contributed by atoms with Crippen LogP contribution < -0.4 is 9.47 Å². The lowest BCUT2D eigenvalue weighted by atomic mass is 9.75. The van der Waals surface area contributed by atoms with Gasteiger partial charge in [0.15, 0.2) is 5.90 Å². The van der Waals surface area contributed by atoms with Crippen molar-refractivity contribution in [3.05, 3.63) is 35.7 Å². The molecule has 1 aromatic rings. The first-order valence-electron chi connectivity index (χ1n) is 11.4. The second kappa shape index (κ2) is 13.1. The molecule has 1 aliphatic rings. The van der Waals surface area contributed by atoms with Gasteiger partial charge in [-0.3, -0.25) is 9.59 Å². The van der Waals surface area contributed by atoms with Gasteiger partial charge in [-0.2, -0.15) is 4.99 Å². The molecule has 0 bridgehead atoms. The first-order chi connectivity index (χ1) is 17.0. The van der Waals surface area contributed by atoms with Gasteiger partial charge in [-0.15, -0.1) is 13.2 Å². The maximum atomic E-state index is 12.7. The fraction of sp³-hybridized carbons (Fsp3) is 0.542. The molecule has 0 heterocycles. The highest BCUT2D eigenvalue weighted by Gasteiger charge is 2.34. The highest BCUT2D eigenvalue weighted by molar-refractivity contribution is 5.94. The van der Waals surface area contributed by atoms with Crippen molar-refractivity contribution < 1.29 is 42.1 Å². The van der Waals surface area contributed by atoms with Crippen LogP contribution >= 0.6 is 0 Å². The van der Waals surface area contributed by atoms with Gasteiger partial charge >= 0.3 is 6.36 Å². The number of amides is 2. The van der Waals surface area contributed by atoms with E-state index in [2.05, 4.69) is 9.73 Å². The van der Waals surface area contributed by atoms with Crippen molar-refractivity contribution in [2.45, 2.75) is 33.1 Å². The van der Waals surface area contributed by atoms with Gasteiger partial charge in [0.05, 0.1) is 12.2 Å². The van der Waals surface area contributed by atoms with Crippen LogP contribution in [-0.4, -0.2) is 79.9 Å². The topological polar surface area (TPSA) is 101 Å². The van der Waals surface area contributed by atoms with Crippen molar-refractivity contribution in [3.8, 4) is 11.5 Å². The van der Waals surface area contributed by atoms with Gasteiger partial charge in [-0.25, -0.2) is 0 Å². The van der Waals surface area contributed by atoms with E-state index in [1.165, 1.54) is 49.0 Å². The summed E-state index contributed by atoms with van der Waals surface area (Å²) in [6.07, 6.45) is -2.50. The molecule has 0 aliphatic heterocycles. The van der Waals surface area contributed by atoms with E-state index < -0.39 is 18.0 Å². The normalized spacial score (nSPS) is 18.5. The molecule has 0 saturated heterocycles. The van der Waals surface area contributed by atoms with E-state index in [9.17, 15) is 22.8 Å². The Morgan fingerprint density at radius 2 is 1.92 bits per heavy atom. The molecule has 1 saturated carbocycles. The summed E-state index contributed by atoms with van der Waals surface area (Å²) >= 11 is 0. The zero-order valence-electron chi connectivity index (χ0n) is 20.7. The molecule has 0 aromatic heterocycles. The van der Waals surface area contributed by atoms with Gasteiger partial charge in [0.1, 0.15) is 30.5 Å². The summed E-state index contributed by atoms with van der Waals surface area (Å²) < 4.78 is 52.6. The number of halogens is 3. The minimum Gasteiger partial charge on any atom is -0.490 e. The Kier molecular flexibility index (Phi) is 10.6. The minimum atomic E-state index is -4.81. The van der Waals surface area contributed by atoms with Crippen LogP contribution in [-0.2, 0) is 14.3 Å². The number of hydrogen-bond acceptors (Lipinski definition) is 7. The quantitative estimate of drug-likeness (QED) is 0.151. The van der Waals surface area contributed by atoms with E-state index in [4.69, 9.17) is 14.6 Å². The largest absolute Gasteiger partial charge is 0.573 e. The molecule has 12 heteroatoms. The first-order valence-corrected chi connectivity index (χ1v) is 11.4. The minimum absolute atomic E-state index is 0.00924. The number of alkyl halides is 3. The standard InChI is InChI=1S/C24H32F3N3O6/c1-16-8-9-20(16)22(28-21(30(4)15-32)17(2)23(33)29(3)10-11-31)35-13-12-34-18-6-5-7-19(14-18)36-24(25,26)27/h5-7,14-16,20,31H,8-13H2,1-4H3/b21-17-,28-22+/t16?,20-/m1/s1. The summed E-state index contributed by atoms with van der Waals surface area (Å²) in [5.74, 6) is 0.0778. The summed E-state index contributed by atoms with van der Waals surface area (Å²) in [6, 6.07) is 5.15. The third-order valence-electron chi connectivity index (χ3n) is 5.72. The predicted octanol–water partition coefficient (Wildman–Crippen LogP) is 3.20. The van der Waals surface area contributed by atoms with Crippen LogP contribution in [0.25, 0.3) is 0 Å². The molecule has 2 atom stereocenters. The molecule has 2 rings (SSSR count). The second-order valence-corrected chi connectivity index (χ2v) is 8.45. The fourth-order valence-corrected chi connectivity index (χ4v) is 3.54. The number of aliphatic hydroxyl groups excluding tert-OH is 1. The Bertz CT molecular complexity index is 967. The average molecular weight is 516 g/mol. The van der Waals surface area contributed by atoms with E-state index >= 15 is 0 Å². The van der Waals surface area contributed by atoms with E-state index in [-0.39, 0.29) is 55.3 Å². The predicted molar refractivity (Wildman–Crippen MR) is 125 cm³/mol. The van der Waals surface area contributed by atoms with E-state index in [0.717, 1.165) is 18.9 Å². The van der Waals surface area contributed by atoms with Crippen molar-refractivity contribution in [3.63, 3.8) is 0 Å². The van der Waals surface area contributed by atoms with Crippen LogP contribution in [0.3, 0.4) is 0 Å². The lowest BCUT2D eigenvalue weighted by Gasteiger charge is -2.34. The number of ether oxygens (including phenoxy) is 3. The molecule has 1 unspecified atom stereocenters. The van der Waals surface area contributed by atoms with Gasteiger partial charge in [0, 0.05) is 32.6 Å². The van der Waals surface area contributed by atoms with E-state index in [1.807, 2.05) is 6.92 Å². The van der Waals surface area contributed by atoms with Crippen LogP contribution in [0.1, 0.15) is 26.7 Å². The fourth-order valence-electron chi connectivity index (χ4n) is 3.54. The molecule has 2 amide bonds. The lowest BCUT2D eigenvalue weighted by Crippen LogP contribution is -2.35. The van der Waals surface area contributed by atoms with Crippen LogP contribution in [0.15, 0.2) is 40.7 Å². The number of carbonyl (C=O) groups excluding carboxylic acids is 2. The molecule has 1 fully saturated rings. The molecule has 0 spiro atoms. The Morgan fingerprint density at radius 3 is 2.47 bits per heavy atom. The molecule has 1 N–H and O–H groups in total. The van der Waals surface area contributed by atoms with Crippen molar-refractivity contribution in [2.24, 2.45) is 16.8 Å². The highest BCUT2D eigenvalue weighted by Crippen LogP contribution is 2.36. The van der Waals surface area contributed by atoms with Crippen LogP contribution in [0.5, 0.6) is 11.5 Å². The number of aliphatic hydroxyl groups is 1. The molecule has 200 valence electrons. The third-order valence-corrected chi connectivity index (χ3v) is 5.72. The Hall–Kier alpha value is -3.28. The SMILES string of the molecule is C/C(C(=O)N(C)CCO)=C(\N=C(\OCCOc1cccc(OC(F)(F)F)c1)[C@@H]1CCC1C)N(C)C=O. The summed E-state index contributed by atoms with van der Waals surface area (Å²) in [5, 5.41) is 9.12. The molecule has 1 aliphatic carbocycles. The summed E-state index contributed by atoms with van der Waals surface area (Å²) in [4.78, 5) is 31.3. The smallest absolute Gasteiger partial charge is 0.490 e. The number of likely N-dealkylation sites (N-methyl/N-ethyl adjacent to an activating group) is 1. The average Bonchev–Trinajstić information content (AvgIpc) is 2.81. The zero-order chi connectivity index (χ0) is 26.9. The maximum Gasteiger partial charge on any atom is 0.573 e. The van der Waals surface area contributed by atoms with Crippen LogP contribution in [0.4, 0.5) is 13.2 Å². The second-order valence-electron chi connectivity index (χ2n) is 8.45. The summed E-state index contributed by atoms with van der Waals surface area (Å²) in [7, 11) is 3.00. The van der Waals surface area contributed by atoms with Gasteiger partial charge in [0.2, 0.25) is 6.41 Å². The lowest BCUT2D eigenvalue weighted by molar-refractivity contribution is -0.274. The molecule has 36 heavy (non-hydrogen) atoms. The number of nitrogens with zero attached hydrogens (tertiary/aromatic N) is 3. The van der Waals surface area contributed by atoms with Gasteiger partial charge in [-0.05, 0) is 37.8 Å². The third kappa shape index (κ3) is 8.43. The van der Waals surface area contributed by atoms with Crippen molar-refractivity contribution in [2.75, 3.05) is 40.5 Å². The van der Waals surface area contributed by atoms with Crippen LogP contribution in [0.2, 0.25) is 0 Å². The zero-order valence-corrected chi connectivity index (χ0v) is 20.7. The van der Waals surface area contributed by atoms with Gasteiger partial charge in [0.25, 0.3) is 5.91 Å². The van der Waals surface area contributed by atoms with Gasteiger partial charge in [-0.1, -0.05) is 13.0 Å². The molecule has 1 aromatic carbocycles. The molecule has 9 nitrogen and oxygen atoms in total. The van der Waals surface area contributed by atoms with E-state index in [1.54, 1.807) is 0 Å². The maximum absolute atomic E-state index is 12.7. The number of hydrogen-bond donors (Lipinski definition) is 1. The van der Waals surface area contributed by atoms with Crippen molar-refractivity contribution >= 4 is 18.2 Å². The first kappa shape index (κ1) is 29.0. The van der Waals surface area contributed by atoms with Crippen LogP contribution in [0, 0.1) is 11.8 Å². The molecular formula is C24H32F3N3O6. The van der Waals surface area contributed by atoms with Gasteiger partial charge < -0.3 is 29.1 Å². The van der Waals surface area contributed by atoms with E-state index in [0.29, 0.717) is 12.3 Å². The van der Waals surface area contributed by atoms with Crippen molar-refractivity contribution in [1.29, 1.82) is 0 Å². The Labute approximate surface area is 208 Å². The Balaban J connectivity index is 2.17. The summed E-state index contributed by atoms with van der Waals surface area (Å²) in [6.45, 7) is 3.52. The number of rotatable bonds is 12. The number of benzene rings is 1. The number of aliphatic imine (C=N–C) groups is 1. The monoisotopic (exact) mass is 515 g/mol. The molecule has 0 radical (unpaired) electrons.